The Bertz CT molecular complexity index is 1770. The molecule has 0 saturated carbocycles. The first-order valence-electron chi connectivity index (χ1n) is 13.7. The minimum Gasteiger partial charge on any atom is -0.421 e. The third-order valence-electron chi connectivity index (χ3n) is 8.42. The van der Waals surface area contributed by atoms with Gasteiger partial charge in [0.05, 0.1) is 24.0 Å². The van der Waals surface area contributed by atoms with E-state index in [1.165, 1.54) is 11.1 Å². The van der Waals surface area contributed by atoms with Crippen LogP contribution in [0.5, 0.6) is 0 Å². The second-order valence-corrected chi connectivity index (χ2v) is 10.7. The van der Waals surface area contributed by atoms with Gasteiger partial charge in [0.15, 0.2) is 0 Å². The van der Waals surface area contributed by atoms with E-state index in [1.807, 2.05) is 0 Å². The minimum atomic E-state index is -0.0764. The fraction of sp³-hybridized carbons (Fsp3) is 0.125. The zero-order chi connectivity index (χ0) is 26.2. The number of fused-ring (bicyclic) bond motifs is 18. The SMILES string of the molecule is C1=CC2=C3Nc4[n-]c(c5ccccc45)NC4=C5C=CC=CC5C(N4)Nc4[n-]c(c5ccccc45)NC(N3)C2C=C1.[Fe+2]. The van der Waals surface area contributed by atoms with E-state index in [-0.39, 0.29) is 41.2 Å². The van der Waals surface area contributed by atoms with Crippen molar-refractivity contribution >= 4 is 44.8 Å². The van der Waals surface area contributed by atoms with Gasteiger partial charge in [-0.3, -0.25) is 0 Å². The fourth-order valence-corrected chi connectivity index (χ4v) is 6.52. The summed E-state index contributed by atoms with van der Waals surface area (Å²) in [4.78, 5) is 10.2. The zero-order valence-corrected chi connectivity index (χ0v) is 22.9. The first-order valence-corrected chi connectivity index (χ1v) is 13.7. The number of nitrogens with zero attached hydrogens (tertiary/aromatic N) is 2. The van der Waals surface area contributed by atoms with Crippen LogP contribution in [0.3, 0.4) is 0 Å². The smallest absolute Gasteiger partial charge is 0.421 e. The van der Waals surface area contributed by atoms with Crippen molar-refractivity contribution in [1.29, 1.82) is 0 Å². The van der Waals surface area contributed by atoms with Crippen LogP contribution in [0.25, 0.3) is 21.5 Å². The summed E-state index contributed by atoms with van der Waals surface area (Å²) in [6.07, 6.45) is 17.0. The number of hydrogen-bond acceptors (Lipinski definition) is 6. The Hall–Kier alpha value is -4.72. The van der Waals surface area contributed by atoms with Gasteiger partial charge >= 0.3 is 17.1 Å². The van der Waals surface area contributed by atoms with E-state index in [9.17, 15) is 0 Å². The molecule has 8 nitrogen and oxygen atoms in total. The van der Waals surface area contributed by atoms with Gasteiger partial charge in [-0.05, 0) is 32.7 Å². The van der Waals surface area contributed by atoms with Crippen molar-refractivity contribution in [3.63, 3.8) is 0 Å². The average molecular weight is 578 g/mol. The molecule has 8 bridgehead atoms. The van der Waals surface area contributed by atoms with Crippen molar-refractivity contribution in [3.8, 4) is 0 Å². The summed E-state index contributed by atoms with van der Waals surface area (Å²) in [6, 6.07) is 16.7. The normalized spacial score (nSPS) is 25.0. The summed E-state index contributed by atoms with van der Waals surface area (Å²) >= 11 is 0. The Labute approximate surface area is 247 Å². The molecule has 5 heterocycles. The molecule has 4 unspecified atom stereocenters. The Morgan fingerprint density at radius 2 is 0.902 bits per heavy atom. The number of rotatable bonds is 0. The first-order chi connectivity index (χ1) is 19.8. The monoisotopic (exact) mass is 578 g/mol. The molecular formula is C32H26FeN8. The number of nitrogens with one attached hydrogen (secondary N) is 6. The fourth-order valence-electron chi connectivity index (χ4n) is 6.52. The van der Waals surface area contributed by atoms with Gasteiger partial charge in [0.25, 0.3) is 0 Å². The molecule has 5 aliphatic rings. The second kappa shape index (κ2) is 9.16. The quantitative estimate of drug-likeness (QED) is 0.162. The van der Waals surface area contributed by atoms with Crippen LogP contribution in [-0.4, -0.2) is 12.3 Å². The number of benzene rings is 2. The molecule has 4 aromatic rings. The van der Waals surface area contributed by atoms with Gasteiger partial charge in [0.1, 0.15) is 0 Å². The van der Waals surface area contributed by atoms with Crippen LogP contribution in [-0.2, 0) is 17.1 Å². The summed E-state index contributed by atoms with van der Waals surface area (Å²) < 4.78 is 0. The van der Waals surface area contributed by atoms with Gasteiger partial charge in [-0.1, -0.05) is 97.1 Å². The van der Waals surface area contributed by atoms with Crippen molar-refractivity contribution in [2.24, 2.45) is 11.8 Å². The predicted octanol–water partition coefficient (Wildman–Crippen LogP) is 5.03. The van der Waals surface area contributed by atoms with Crippen molar-refractivity contribution in [2.45, 2.75) is 12.3 Å². The summed E-state index contributed by atoms with van der Waals surface area (Å²) in [5, 5.41) is 26.5. The van der Waals surface area contributed by atoms with E-state index in [1.54, 1.807) is 0 Å². The summed E-state index contributed by atoms with van der Waals surface area (Å²) in [5.41, 5.74) is 2.38. The molecule has 0 spiro atoms. The Balaban J connectivity index is 0.00000256. The molecule has 9 heteroatoms. The topological polar surface area (TPSA) is 100 Å². The molecular weight excluding hydrogens is 552 g/mol. The summed E-state index contributed by atoms with van der Waals surface area (Å²) in [7, 11) is 0. The predicted molar refractivity (Wildman–Crippen MR) is 160 cm³/mol. The van der Waals surface area contributed by atoms with Gasteiger partial charge in [-0.2, -0.15) is 0 Å². The third kappa shape index (κ3) is 3.66. The molecule has 0 fully saturated rings. The van der Waals surface area contributed by atoms with E-state index in [0.717, 1.165) is 56.5 Å². The molecule has 41 heavy (non-hydrogen) atoms. The van der Waals surface area contributed by atoms with E-state index < -0.39 is 0 Å². The molecule has 202 valence electrons. The van der Waals surface area contributed by atoms with Crippen LogP contribution in [0.1, 0.15) is 0 Å². The minimum absolute atomic E-state index is 0. The number of anilines is 4. The maximum Gasteiger partial charge on any atom is 2.00 e. The molecule has 4 atom stereocenters. The van der Waals surface area contributed by atoms with E-state index in [4.69, 9.17) is 9.97 Å². The molecule has 0 radical (unpaired) electrons. The molecule has 6 N–H and O–H groups in total. The van der Waals surface area contributed by atoms with Crippen LogP contribution >= 0.6 is 0 Å². The molecule has 0 amide bonds. The van der Waals surface area contributed by atoms with Crippen molar-refractivity contribution < 1.29 is 17.1 Å². The zero-order valence-electron chi connectivity index (χ0n) is 21.8. The van der Waals surface area contributed by atoms with Crippen LogP contribution in [0.2, 0.25) is 0 Å². The Kier molecular flexibility index (Phi) is 5.38. The van der Waals surface area contributed by atoms with Crippen molar-refractivity contribution in [2.75, 3.05) is 21.3 Å². The van der Waals surface area contributed by atoms with Gasteiger partial charge in [-0.25, -0.2) is 0 Å². The van der Waals surface area contributed by atoms with Gasteiger partial charge in [0.2, 0.25) is 0 Å². The number of allylic oxidation sites excluding steroid dienone is 6. The van der Waals surface area contributed by atoms with Crippen LogP contribution in [0, 0.1) is 11.8 Å². The molecule has 0 saturated heterocycles. The molecule has 2 aliphatic carbocycles. The molecule has 3 aliphatic heterocycles. The third-order valence-corrected chi connectivity index (χ3v) is 8.42. The van der Waals surface area contributed by atoms with E-state index in [2.05, 4.69) is 129 Å². The van der Waals surface area contributed by atoms with Crippen LogP contribution in [0.4, 0.5) is 23.3 Å². The number of hydrogen-bond donors (Lipinski definition) is 6. The molecule has 2 aromatic carbocycles. The van der Waals surface area contributed by atoms with E-state index >= 15 is 0 Å². The van der Waals surface area contributed by atoms with Crippen molar-refractivity contribution in [1.82, 2.24) is 20.6 Å². The summed E-state index contributed by atoms with van der Waals surface area (Å²) in [6.45, 7) is 0. The largest absolute Gasteiger partial charge is 2.00 e. The molecule has 2 aromatic heterocycles. The number of aromatic nitrogens is 2. The van der Waals surface area contributed by atoms with Gasteiger partial charge in [0, 0.05) is 35.1 Å². The first kappa shape index (κ1) is 24.1. The van der Waals surface area contributed by atoms with E-state index in [0.29, 0.717) is 0 Å². The van der Waals surface area contributed by atoms with Crippen molar-refractivity contribution in [3.05, 3.63) is 120 Å². The standard InChI is InChI=1S/C32H26N8.Fe/c1-2-10-18-17(9-1)25-33-26(18)38-28-21-13-5-6-14-22(21)30(35-28)40-32-24-16-8-7-15-23(24)31(36-32)39-29-20-12-4-3-11-19(20)27(34-29)37-25;/h1-17,23,25,31,33,36-40H;/q-2;+2. The Morgan fingerprint density at radius 3 is 1.37 bits per heavy atom. The maximum absolute atomic E-state index is 5.11. The maximum atomic E-state index is 5.11. The molecule has 9 rings (SSSR count). The van der Waals surface area contributed by atoms with Gasteiger partial charge < -0.3 is 41.9 Å². The summed E-state index contributed by atoms with van der Waals surface area (Å²) in [5.74, 6) is 5.51. The van der Waals surface area contributed by atoms with Gasteiger partial charge in [-0.15, -0.1) is 0 Å². The van der Waals surface area contributed by atoms with Crippen LogP contribution < -0.4 is 41.9 Å². The second-order valence-electron chi connectivity index (χ2n) is 10.7. The Morgan fingerprint density at radius 1 is 0.488 bits per heavy atom. The average Bonchev–Trinajstić information content (AvgIpc) is 3.73. The van der Waals surface area contributed by atoms with Crippen LogP contribution in [0.15, 0.2) is 120 Å².